The molecule has 0 bridgehead atoms. The zero-order valence-electron chi connectivity index (χ0n) is 12.6. The minimum atomic E-state index is -0.115. The molecule has 0 saturated heterocycles. The number of hydrogen-bond acceptors (Lipinski definition) is 3. The molecule has 1 atom stereocenters. The first-order valence-corrected chi connectivity index (χ1v) is 7.30. The number of halogens is 1. The van der Waals surface area contributed by atoms with E-state index in [0.29, 0.717) is 13.1 Å². The molecule has 2 heterocycles. The molecule has 0 radical (unpaired) electrons. The number of benzene rings is 1. The number of amides is 1. The number of nitrogens with two attached hydrogens (primary N) is 1. The van der Waals surface area contributed by atoms with Crippen molar-refractivity contribution in [3.8, 4) is 5.69 Å². The molecule has 1 aliphatic rings. The van der Waals surface area contributed by atoms with Crippen molar-refractivity contribution < 1.29 is 4.79 Å². The van der Waals surface area contributed by atoms with Gasteiger partial charge in [0.05, 0.1) is 17.6 Å². The number of nitrogens with zero attached hydrogens (tertiary/aromatic N) is 3. The Hall–Kier alpha value is -1.85. The molecule has 1 aromatic carbocycles. The molecule has 22 heavy (non-hydrogen) atoms. The highest BCUT2D eigenvalue weighted by atomic mass is 35.5. The van der Waals surface area contributed by atoms with Gasteiger partial charge < -0.3 is 10.6 Å². The molecule has 1 amide bonds. The number of hydrogen-bond donors (Lipinski definition) is 1. The van der Waals surface area contributed by atoms with E-state index in [1.54, 1.807) is 0 Å². The molecule has 1 unspecified atom stereocenters. The van der Waals surface area contributed by atoms with E-state index in [4.69, 9.17) is 5.73 Å². The zero-order valence-corrected chi connectivity index (χ0v) is 13.4. The second kappa shape index (κ2) is 6.94. The summed E-state index contributed by atoms with van der Waals surface area (Å²) in [6, 6.07) is 10.1. The highest BCUT2D eigenvalue weighted by Gasteiger charge is 2.26. The van der Waals surface area contributed by atoms with Crippen LogP contribution in [-0.4, -0.2) is 33.7 Å². The molecule has 3 rings (SSSR count). The standard InChI is InChI=1S/C16H20N4O.ClH/c1-12(9-17)16(21)19-8-7-15-13(11-19)10-18-20(15)14-5-3-2-4-6-14;/h2-6,10,12H,7-9,11,17H2,1H3;1H. The smallest absolute Gasteiger partial charge is 0.226 e. The van der Waals surface area contributed by atoms with Crippen LogP contribution < -0.4 is 5.73 Å². The van der Waals surface area contributed by atoms with Crippen LogP contribution in [0.3, 0.4) is 0 Å². The van der Waals surface area contributed by atoms with E-state index in [1.807, 2.05) is 53.0 Å². The average molecular weight is 321 g/mol. The number of fused-ring (bicyclic) bond motifs is 1. The molecule has 6 heteroatoms. The Balaban J connectivity index is 0.00000176. The zero-order chi connectivity index (χ0) is 14.8. The van der Waals surface area contributed by atoms with Crippen molar-refractivity contribution in [1.29, 1.82) is 0 Å². The lowest BCUT2D eigenvalue weighted by Crippen LogP contribution is -2.41. The van der Waals surface area contributed by atoms with E-state index in [1.165, 1.54) is 5.69 Å². The summed E-state index contributed by atoms with van der Waals surface area (Å²) in [6.07, 6.45) is 2.70. The van der Waals surface area contributed by atoms with Gasteiger partial charge in [0, 0.05) is 37.5 Å². The second-order valence-electron chi connectivity index (χ2n) is 5.51. The summed E-state index contributed by atoms with van der Waals surface area (Å²) in [5.41, 5.74) is 8.98. The lowest BCUT2D eigenvalue weighted by Gasteiger charge is -2.29. The molecular weight excluding hydrogens is 300 g/mol. The Morgan fingerprint density at radius 1 is 1.36 bits per heavy atom. The van der Waals surface area contributed by atoms with Crippen molar-refractivity contribution >= 4 is 18.3 Å². The van der Waals surface area contributed by atoms with Crippen molar-refractivity contribution in [3.05, 3.63) is 47.8 Å². The van der Waals surface area contributed by atoms with Crippen LogP contribution in [0.25, 0.3) is 5.69 Å². The van der Waals surface area contributed by atoms with Crippen LogP contribution in [0.4, 0.5) is 0 Å². The topological polar surface area (TPSA) is 64.2 Å². The van der Waals surface area contributed by atoms with E-state index in [0.717, 1.165) is 24.2 Å². The molecule has 0 spiro atoms. The van der Waals surface area contributed by atoms with Crippen LogP contribution >= 0.6 is 12.4 Å². The maximum atomic E-state index is 12.2. The van der Waals surface area contributed by atoms with Crippen molar-refractivity contribution in [2.75, 3.05) is 13.1 Å². The fourth-order valence-corrected chi connectivity index (χ4v) is 2.72. The minimum Gasteiger partial charge on any atom is -0.338 e. The van der Waals surface area contributed by atoms with Gasteiger partial charge in [-0.15, -0.1) is 12.4 Å². The van der Waals surface area contributed by atoms with Crippen molar-refractivity contribution in [1.82, 2.24) is 14.7 Å². The molecule has 2 N–H and O–H groups in total. The van der Waals surface area contributed by atoms with Crippen LogP contribution in [0.1, 0.15) is 18.2 Å². The summed E-state index contributed by atoms with van der Waals surface area (Å²) in [5, 5.41) is 4.48. The van der Waals surface area contributed by atoms with Gasteiger partial charge >= 0.3 is 0 Å². The van der Waals surface area contributed by atoms with Gasteiger partial charge in [0.1, 0.15) is 0 Å². The quantitative estimate of drug-likeness (QED) is 0.937. The van der Waals surface area contributed by atoms with Gasteiger partial charge in [-0.1, -0.05) is 25.1 Å². The Bertz CT molecular complexity index is 641. The van der Waals surface area contributed by atoms with Gasteiger partial charge in [0.25, 0.3) is 0 Å². The Morgan fingerprint density at radius 2 is 2.09 bits per heavy atom. The molecule has 0 aliphatic carbocycles. The summed E-state index contributed by atoms with van der Waals surface area (Å²) in [4.78, 5) is 14.1. The molecule has 118 valence electrons. The predicted molar refractivity (Wildman–Crippen MR) is 88.2 cm³/mol. The number of aromatic nitrogens is 2. The van der Waals surface area contributed by atoms with Crippen LogP contribution in [-0.2, 0) is 17.8 Å². The first-order chi connectivity index (χ1) is 10.2. The molecule has 1 aromatic heterocycles. The third kappa shape index (κ3) is 3.00. The number of rotatable bonds is 3. The Kier molecular flexibility index (Phi) is 5.21. The fraction of sp³-hybridized carbons (Fsp3) is 0.375. The van der Waals surface area contributed by atoms with Gasteiger partial charge in [-0.2, -0.15) is 5.10 Å². The molecule has 0 saturated carbocycles. The van der Waals surface area contributed by atoms with Crippen molar-refractivity contribution in [2.24, 2.45) is 11.7 Å². The van der Waals surface area contributed by atoms with E-state index >= 15 is 0 Å². The van der Waals surface area contributed by atoms with Gasteiger partial charge in [0.15, 0.2) is 0 Å². The van der Waals surface area contributed by atoms with E-state index in [-0.39, 0.29) is 24.2 Å². The van der Waals surface area contributed by atoms with Gasteiger partial charge in [-0.25, -0.2) is 4.68 Å². The molecule has 1 aliphatic heterocycles. The lowest BCUT2D eigenvalue weighted by molar-refractivity contribution is -0.135. The summed E-state index contributed by atoms with van der Waals surface area (Å²) >= 11 is 0. The third-order valence-corrected chi connectivity index (χ3v) is 4.02. The third-order valence-electron chi connectivity index (χ3n) is 4.02. The number of carbonyl (C=O) groups excluding carboxylic acids is 1. The molecular formula is C16H21ClN4O. The van der Waals surface area contributed by atoms with Crippen molar-refractivity contribution in [2.45, 2.75) is 19.9 Å². The number of para-hydroxylation sites is 1. The molecule has 0 fully saturated rings. The normalized spacial score (nSPS) is 14.9. The molecule has 2 aromatic rings. The number of carbonyl (C=O) groups is 1. The predicted octanol–water partition coefficient (Wildman–Crippen LogP) is 1.77. The summed E-state index contributed by atoms with van der Waals surface area (Å²) in [7, 11) is 0. The lowest BCUT2D eigenvalue weighted by atomic mass is 10.0. The van der Waals surface area contributed by atoms with E-state index in [2.05, 4.69) is 5.10 Å². The second-order valence-corrected chi connectivity index (χ2v) is 5.51. The first kappa shape index (κ1) is 16.5. The van der Waals surface area contributed by atoms with Gasteiger partial charge in [0.2, 0.25) is 5.91 Å². The summed E-state index contributed by atoms with van der Waals surface area (Å²) < 4.78 is 1.98. The van der Waals surface area contributed by atoms with Crippen LogP contribution in [0.2, 0.25) is 0 Å². The maximum Gasteiger partial charge on any atom is 0.226 e. The fourth-order valence-electron chi connectivity index (χ4n) is 2.72. The van der Waals surface area contributed by atoms with Crippen LogP contribution in [0, 0.1) is 5.92 Å². The maximum absolute atomic E-state index is 12.2. The van der Waals surface area contributed by atoms with E-state index < -0.39 is 0 Å². The van der Waals surface area contributed by atoms with Crippen LogP contribution in [0.15, 0.2) is 36.5 Å². The first-order valence-electron chi connectivity index (χ1n) is 7.30. The largest absolute Gasteiger partial charge is 0.338 e. The highest BCUT2D eigenvalue weighted by Crippen LogP contribution is 2.22. The van der Waals surface area contributed by atoms with Crippen LogP contribution in [0.5, 0.6) is 0 Å². The molecule has 5 nitrogen and oxygen atoms in total. The Labute approximate surface area is 136 Å². The van der Waals surface area contributed by atoms with Crippen molar-refractivity contribution in [3.63, 3.8) is 0 Å². The highest BCUT2D eigenvalue weighted by molar-refractivity contribution is 5.85. The Morgan fingerprint density at radius 3 is 2.77 bits per heavy atom. The van der Waals surface area contributed by atoms with Gasteiger partial charge in [-0.05, 0) is 12.1 Å². The summed E-state index contributed by atoms with van der Waals surface area (Å²) in [6.45, 7) is 3.64. The SMILES string of the molecule is CC(CN)C(=O)N1CCc2c(cnn2-c2ccccc2)C1.Cl. The van der Waals surface area contributed by atoms with E-state index in [9.17, 15) is 4.79 Å². The summed E-state index contributed by atoms with van der Waals surface area (Å²) in [5.74, 6) is 0.0197. The van der Waals surface area contributed by atoms with Gasteiger partial charge in [-0.3, -0.25) is 4.79 Å². The minimum absolute atomic E-state index is 0. The average Bonchev–Trinajstić information content (AvgIpc) is 2.97. The monoisotopic (exact) mass is 320 g/mol.